The second kappa shape index (κ2) is 16.7. The van der Waals surface area contributed by atoms with Crippen molar-refractivity contribution in [3.63, 3.8) is 0 Å². The number of unbranched alkanes of at least 4 members (excludes halogenated alkanes) is 2. The number of carbonyl (C=O) groups is 5. The van der Waals surface area contributed by atoms with Gasteiger partial charge in [-0.05, 0) is 62.8 Å². The van der Waals surface area contributed by atoms with Gasteiger partial charge in [0.25, 0.3) is 0 Å². The second-order valence-electron chi connectivity index (χ2n) is 14.0. The number of esters is 1. The molecule has 1 saturated heterocycles. The van der Waals surface area contributed by atoms with E-state index in [1.807, 2.05) is 44.2 Å². The molecule has 2 fully saturated rings. The number of hydrogen-bond acceptors (Lipinski definition) is 8. The Labute approximate surface area is 284 Å². The zero-order valence-electron chi connectivity index (χ0n) is 29.2. The number of carbonyl (C=O) groups excluding carboxylic acids is 5. The Morgan fingerprint density at radius 2 is 1.73 bits per heavy atom. The number of amides is 4. The molecule has 2 N–H and O–H groups in total. The minimum atomic E-state index is -1.28. The molecule has 1 aliphatic carbocycles. The van der Waals surface area contributed by atoms with Crippen LogP contribution in [-0.4, -0.2) is 90.2 Å². The number of likely N-dealkylation sites (tertiary alicyclic amines) is 1. The van der Waals surface area contributed by atoms with Gasteiger partial charge in [-0.3, -0.25) is 9.59 Å². The van der Waals surface area contributed by atoms with Crippen LogP contribution in [0.1, 0.15) is 65.9 Å². The molecule has 5 atom stereocenters. The zero-order chi connectivity index (χ0) is 35.6. The summed E-state index contributed by atoms with van der Waals surface area (Å²) in [5, 5.41) is 5.48. The summed E-state index contributed by atoms with van der Waals surface area (Å²) in [6.45, 7) is 16.7. The van der Waals surface area contributed by atoms with Crippen molar-refractivity contribution in [3.8, 4) is 0 Å². The first kappa shape index (κ1) is 38.1. The summed E-state index contributed by atoms with van der Waals surface area (Å²) in [4.78, 5) is 69.9. The van der Waals surface area contributed by atoms with Crippen molar-refractivity contribution in [2.45, 2.75) is 90.6 Å². The Bertz CT molecular complexity index is 1320. The number of rotatable bonds is 16. The number of piperidine rings is 1. The van der Waals surface area contributed by atoms with Crippen LogP contribution in [0.2, 0.25) is 0 Å². The summed E-state index contributed by atoms with van der Waals surface area (Å²) >= 11 is 0. The number of alkyl carbamates (subject to hydrolysis) is 1. The Hall–Kier alpha value is -4.35. The van der Waals surface area contributed by atoms with Crippen LogP contribution < -0.4 is 10.6 Å². The predicted molar refractivity (Wildman–Crippen MR) is 180 cm³/mol. The van der Waals surface area contributed by atoms with E-state index in [4.69, 9.17) is 14.2 Å². The van der Waals surface area contributed by atoms with E-state index in [2.05, 4.69) is 23.8 Å². The molecule has 48 heavy (non-hydrogen) atoms. The smallest absolute Gasteiger partial charge is 0.410 e. The number of nitrogens with one attached hydrogen (secondary N) is 2. The first-order valence-corrected chi connectivity index (χ1v) is 16.5. The van der Waals surface area contributed by atoms with Gasteiger partial charge in [0.15, 0.2) is 0 Å². The summed E-state index contributed by atoms with van der Waals surface area (Å²) in [6.07, 6.45) is 4.33. The molecule has 0 bridgehead atoms. The van der Waals surface area contributed by atoms with Crippen LogP contribution >= 0.6 is 0 Å². The monoisotopic (exact) mass is 668 g/mol. The maximum absolute atomic E-state index is 14.4. The van der Waals surface area contributed by atoms with E-state index in [-0.39, 0.29) is 43.5 Å². The lowest BCUT2D eigenvalue weighted by Gasteiger charge is -2.35. The third-order valence-corrected chi connectivity index (χ3v) is 8.92. The standard InChI is InChI=1S/C36H52N4O8/c1-9-11-12-16-19-26(32(43)46-8)37-30(41)29-28-25(36(28,6)7)21-40(29)31(42)27(38-33(44)48-35(3,4)5)22-39(20-10-2)34(45)47-23-24-17-14-13-15-18-24/h9-10,13-15,17-18,25-29H,1-2,11-12,16,19-23H2,3-8H3,(H,37,41)(H,38,44)/t25-,26-,27-,28-,29-/m0/s1. The first-order valence-electron chi connectivity index (χ1n) is 16.5. The number of allylic oxidation sites excluding steroid dienone is 1. The molecule has 12 heteroatoms. The van der Waals surface area contributed by atoms with Crippen LogP contribution in [0.25, 0.3) is 0 Å². The number of methoxy groups -OCH3 is 1. The van der Waals surface area contributed by atoms with Crippen molar-refractivity contribution in [3.05, 3.63) is 61.2 Å². The first-order chi connectivity index (χ1) is 22.6. The molecule has 1 aromatic rings. The lowest BCUT2D eigenvalue weighted by Crippen LogP contribution is -2.60. The van der Waals surface area contributed by atoms with Crippen LogP contribution in [0.3, 0.4) is 0 Å². The van der Waals surface area contributed by atoms with E-state index < -0.39 is 53.7 Å². The Kier molecular flexibility index (Phi) is 13.2. The van der Waals surface area contributed by atoms with Gasteiger partial charge in [-0.15, -0.1) is 13.2 Å². The highest BCUT2D eigenvalue weighted by atomic mass is 16.6. The van der Waals surface area contributed by atoms with Gasteiger partial charge in [-0.2, -0.15) is 0 Å². The highest BCUT2D eigenvalue weighted by Crippen LogP contribution is 2.64. The summed E-state index contributed by atoms with van der Waals surface area (Å²) in [5.74, 6) is -1.73. The molecule has 0 spiro atoms. The maximum Gasteiger partial charge on any atom is 0.410 e. The maximum atomic E-state index is 14.4. The molecule has 264 valence electrons. The van der Waals surface area contributed by atoms with Gasteiger partial charge in [0.1, 0.15) is 30.3 Å². The molecule has 0 radical (unpaired) electrons. The van der Waals surface area contributed by atoms with Crippen LogP contribution in [0.15, 0.2) is 55.6 Å². The highest BCUT2D eigenvalue weighted by Gasteiger charge is 2.69. The molecule has 1 saturated carbocycles. The van der Waals surface area contributed by atoms with Gasteiger partial charge in [0, 0.05) is 13.1 Å². The molecule has 0 aromatic heterocycles. The van der Waals surface area contributed by atoms with Gasteiger partial charge >= 0.3 is 18.2 Å². The zero-order valence-corrected chi connectivity index (χ0v) is 29.2. The molecular formula is C36H52N4O8. The van der Waals surface area contributed by atoms with E-state index in [1.165, 1.54) is 23.0 Å². The summed E-state index contributed by atoms with van der Waals surface area (Å²) in [7, 11) is 1.27. The molecule has 1 aromatic carbocycles. The molecule has 1 heterocycles. The van der Waals surface area contributed by atoms with E-state index in [9.17, 15) is 24.0 Å². The fourth-order valence-corrected chi connectivity index (χ4v) is 6.34. The Morgan fingerprint density at radius 1 is 1.04 bits per heavy atom. The van der Waals surface area contributed by atoms with Crippen LogP contribution in [0, 0.1) is 17.3 Å². The quantitative estimate of drug-likeness (QED) is 0.113. The SMILES string of the molecule is C=CCCCC[C@H](NC(=O)[C@@H]1[C@@H]2[C@H](CN1C(=O)[C@H](CN(CC=C)C(=O)OCc1ccccc1)NC(=O)OC(C)(C)C)C2(C)C)C(=O)OC. The average Bonchev–Trinajstić information content (AvgIpc) is 3.34. The molecule has 12 nitrogen and oxygen atoms in total. The summed E-state index contributed by atoms with van der Waals surface area (Å²) in [5.41, 5.74) is -0.292. The Balaban J connectivity index is 1.86. The number of fused-ring (bicyclic) bond motifs is 1. The number of ether oxygens (including phenoxy) is 3. The molecule has 2 aliphatic rings. The highest BCUT2D eigenvalue weighted by molar-refractivity contribution is 5.95. The van der Waals surface area contributed by atoms with Gasteiger partial charge in [0.05, 0.1) is 13.7 Å². The topological polar surface area (TPSA) is 144 Å². The largest absolute Gasteiger partial charge is 0.467 e. The Morgan fingerprint density at radius 3 is 2.33 bits per heavy atom. The average molecular weight is 669 g/mol. The summed E-state index contributed by atoms with van der Waals surface area (Å²) < 4.78 is 16.0. The summed E-state index contributed by atoms with van der Waals surface area (Å²) in [6, 6.07) is 6.07. The van der Waals surface area contributed by atoms with E-state index in [0.717, 1.165) is 18.4 Å². The molecule has 0 unspecified atom stereocenters. The van der Waals surface area contributed by atoms with Crippen LogP contribution in [-0.2, 0) is 35.2 Å². The minimum Gasteiger partial charge on any atom is -0.467 e. The third kappa shape index (κ3) is 10.1. The van der Waals surface area contributed by atoms with Crippen molar-refractivity contribution in [1.29, 1.82) is 0 Å². The fourth-order valence-electron chi connectivity index (χ4n) is 6.34. The van der Waals surface area contributed by atoms with Gasteiger partial charge in [-0.25, -0.2) is 14.4 Å². The second-order valence-corrected chi connectivity index (χ2v) is 14.0. The third-order valence-electron chi connectivity index (χ3n) is 8.92. The van der Waals surface area contributed by atoms with Crippen molar-refractivity contribution >= 4 is 30.0 Å². The number of nitrogens with zero attached hydrogens (tertiary/aromatic N) is 2. The van der Waals surface area contributed by atoms with E-state index in [1.54, 1.807) is 26.8 Å². The van der Waals surface area contributed by atoms with Crippen LogP contribution in [0.5, 0.6) is 0 Å². The van der Waals surface area contributed by atoms with E-state index in [0.29, 0.717) is 12.8 Å². The normalized spacial score (nSPS) is 20.3. The van der Waals surface area contributed by atoms with Crippen molar-refractivity contribution in [2.24, 2.45) is 17.3 Å². The fraction of sp³-hybridized carbons (Fsp3) is 0.583. The predicted octanol–water partition coefficient (Wildman–Crippen LogP) is 4.59. The van der Waals surface area contributed by atoms with Gasteiger partial charge in [0.2, 0.25) is 11.8 Å². The van der Waals surface area contributed by atoms with Crippen molar-refractivity contribution in [2.75, 3.05) is 26.7 Å². The lowest BCUT2D eigenvalue weighted by atomic mass is 9.99. The molecule has 1 aliphatic heterocycles. The van der Waals surface area contributed by atoms with Crippen LogP contribution in [0.4, 0.5) is 9.59 Å². The lowest BCUT2D eigenvalue weighted by molar-refractivity contribution is -0.147. The van der Waals surface area contributed by atoms with Crippen molar-refractivity contribution in [1.82, 2.24) is 20.4 Å². The minimum absolute atomic E-state index is 0.00713. The molecular weight excluding hydrogens is 616 g/mol. The van der Waals surface area contributed by atoms with E-state index >= 15 is 0 Å². The molecule has 3 rings (SSSR count). The van der Waals surface area contributed by atoms with Gasteiger partial charge in [-0.1, -0.05) is 62.8 Å². The van der Waals surface area contributed by atoms with Gasteiger partial charge < -0.3 is 34.6 Å². The number of hydrogen-bond donors (Lipinski definition) is 2. The molecule has 4 amide bonds. The van der Waals surface area contributed by atoms with Crippen molar-refractivity contribution < 1.29 is 38.2 Å². The number of benzene rings is 1.